The summed E-state index contributed by atoms with van der Waals surface area (Å²) in [5, 5.41) is 0.515. The highest BCUT2D eigenvalue weighted by Gasteiger charge is 2.16. The number of hydrogen-bond donors (Lipinski definition) is 4. The number of benzene rings is 1. The van der Waals surface area contributed by atoms with E-state index < -0.39 is 16.8 Å². The van der Waals surface area contributed by atoms with Gasteiger partial charge in [0.15, 0.2) is 16.8 Å². The second kappa shape index (κ2) is 6.03. The lowest BCUT2D eigenvalue weighted by Gasteiger charge is -2.17. The largest absolute Gasteiger partial charge is 0.350 e. The summed E-state index contributed by atoms with van der Waals surface area (Å²) in [6.45, 7) is 0. The summed E-state index contributed by atoms with van der Waals surface area (Å²) in [4.78, 5) is 36.4. The average Bonchev–Trinajstić information content (AvgIpc) is 2.39. The highest BCUT2D eigenvalue weighted by molar-refractivity contribution is 7.54. The Balaban J connectivity index is 2.12. The lowest BCUT2D eigenvalue weighted by Crippen LogP contribution is -2.04. The van der Waals surface area contributed by atoms with Crippen LogP contribution in [0.5, 0.6) is 0 Å². The van der Waals surface area contributed by atoms with E-state index in [1.54, 1.807) is 18.2 Å². The fourth-order valence-electron chi connectivity index (χ4n) is 1.78. The predicted octanol–water partition coefficient (Wildman–Crippen LogP) is 1.62. The van der Waals surface area contributed by atoms with Crippen LogP contribution in [0.25, 0.3) is 5.57 Å². The van der Waals surface area contributed by atoms with Crippen molar-refractivity contribution in [2.45, 2.75) is 12.1 Å². The molecule has 1 aliphatic rings. The third-order valence-corrected chi connectivity index (χ3v) is 4.54. The van der Waals surface area contributed by atoms with Gasteiger partial charge in [0.1, 0.15) is 0 Å². The second-order valence-electron chi connectivity index (χ2n) is 3.98. The van der Waals surface area contributed by atoms with E-state index in [1.165, 1.54) is 0 Å². The molecular weight excluding hydrogens is 270 g/mol. The van der Waals surface area contributed by atoms with E-state index in [9.17, 15) is 0 Å². The molecule has 0 bridgehead atoms. The minimum atomic E-state index is -2.04. The lowest BCUT2D eigenvalue weighted by atomic mass is 10.00. The van der Waals surface area contributed by atoms with Gasteiger partial charge in [-0.15, -0.1) is 0 Å². The SMILES string of the molecule is OP(O)c1ccc(C2=CCC(P(O)O)C=C2)cc1. The molecule has 1 aromatic rings. The number of hydrogen-bond acceptors (Lipinski definition) is 4. The molecule has 96 valence electrons. The minimum Gasteiger partial charge on any atom is -0.350 e. The van der Waals surface area contributed by atoms with Gasteiger partial charge in [-0.3, -0.25) is 0 Å². The molecule has 1 atom stereocenters. The van der Waals surface area contributed by atoms with Gasteiger partial charge in [0, 0.05) is 5.30 Å². The Morgan fingerprint density at radius 1 is 1.00 bits per heavy atom. The van der Waals surface area contributed by atoms with Crippen molar-refractivity contribution in [1.29, 1.82) is 0 Å². The quantitative estimate of drug-likeness (QED) is 0.636. The van der Waals surface area contributed by atoms with Crippen LogP contribution in [0, 0.1) is 0 Å². The van der Waals surface area contributed by atoms with Gasteiger partial charge < -0.3 is 19.6 Å². The van der Waals surface area contributed by atoms with E-state index >= 15 is 0 Å². The van der Waals surface area contributed by atoms with E-state index in [0.717, 1.165) is 11.1 Å². The Bertz CT molecular complexity index is 465. The van der Waals surface area contributed by atoms with Gasteiger partial charge in [0.2, 0.25) is 0 Å². The minimum absolute atomic E-state index is 0.189. The van der Waals surface area contributed by atoms with E-state index in [1.807, 2.05) is 24.3 Å². The summed E-state index contributed by atoms with van der Waals surface area (Å²) in [5.74, 6) is 0. The van der Waals surface area contributed by atoms with Gasteiger partial charge in [0.05, 0.1) is 5.66 Å². The molecule has 0 radical (unpaired) electrons. The molecule has 0 heterocycles. The van der Waals surface area contributed by atoms with Crippen LogP contribution in [-0.2, 0) is 0 Å². The molecule has 0 saturated carbocycles. The molecule has 1 aromatic carbocycles. The van der Waals surface area contributed by atoms with E-state index in [0.29, 0.717) is 11.7 Å². The smallest absolute Gasteiger partial charge is 0.199 e. The summed E-state index contributed by atoms with van der Waals surface area (Å²) in [7, 11) is -3.96. The topological polar surface area (TPSA) is 80.9 Å². The van der Waals surface area contributed by atoms with Gasteiger partial charge in [0.25, 0.3) is 0 Å². The van der Waals surface area contributed by atoms with Crippen LogP contribution in [0.4, 0.5) is 0 Å². The third-order valence-electron chi connectivity index (χ3n) is 2.81. The molecule has 0 aliphatic heterocycles. The van der Waals surface area contributed by atoms with Crippen LogP contribution < -0.4 is 5.30 Å². The maximum absolute atomic E-state index is 9.12. The molecule has 6 heteroatoms. The molecule has 1 aliphatic carbocycles. The number of rotatable bonds is 3. The molecule has 0 spiro atoms. The molecule has 0 amide bonds. The molecule has 0 aromatic heterocycles. The highest BCUT2D eigenvalue weighted by atomic mass is 31.2. The van der Waals surface area contributed by atoms with Crippen molar-refractivity contribution in [2.75, 3.05) is 0 Å². The van der Waals surface area contributed by atoms with Gasteiger partial charge in [-0.1, -0.05) is 30.4 Å². The average molecular weight is 284 g/mol. The fraction of sp³-hybridized carbons (Fsp3) is 0.167. The molecule has 0 saturated heterocycles. The first-order valence-corrected chi connectivity index (χ1v) is 7.98. The van der Waals surface area contributed by atoms with Crippen LogP contribution in [0.2, 0.25) is 0 Å². The van der Waals surface area contributed by atoms with Crippen molar-refractivity contribution in [3.8, 4) is 0 Å². The van der Waals surface area contributed by atoms with Crippen molar-refractivity contribution >= 4 is 27.6 Å². The number of allylic oxidation sites excluding steroid dienone is 4. The van der Waals surface area contributed by atoms with E-state index in [4.69, 9.17) is 19.6 Å². The maximum Gasteiger partial charge on any atom is 0.199 e. The van der Waals surface area contributed by atoms with Crippen molar-refractivity contribution in [2.24, 2.45) is 0 Å². The Kier molecular flexibility index (Phi) is 4.63. The van der Waals surface area contributed by atoms with Crippen LogP contribution in [0.3, 0.4) is 0 Å². The highest BCUT2D eigenvalue weighted by Crippen LogP contribution is 2.38. The molecule has 4 nitrogen and oxygen atoms in total. The lowest BCUT2D eigenvalue weighted by molar-refractivity contribution is 0.473. The molecule has 4 N–H and O–H groups in total. The summed E-state index contributed by atoms with van der Waals surface area (Å²) < 4.78 is 0. The predicted molar refractivity (Wildman–Crippen MR) is 74.3 cm³/mol. The van der Waals surface area contributed by atoms with Gasteiger partial charge >= 0.3 is 0 Å². The second-order valence-corrected chi connectivity index (χ2v) is 6.38. The van der Waals surface area contributed by atoms with Crippen molar-refractivity contribution in [3.63, 3.8) is 0 Å². The Morgan fingerprint density at radius 2 is 1.67 bits per heavy atom. The van der Waals surface area contributed by atoms with Crippen LogP contribution in [0.15, 0.2) is 42.5 Å². The zero-order valence-electron chi connectivity index (χ0n) is 9.51. The third kappa shape index (κ3) is 3.24. The first kappa shape index (κ1) is 13.8. The maximum atomic E-state index is 9.12. The summed E-state index contributed by atoms with van der Waals surface area (Å²) in [6.07, 6.45) is 6.24. The van der Waals surface area contributed by atoms with Crippen LogP contribution in [-0.4, -0.2) is 25.2 Å². The fourth-order valence-corrected chi connectivity index (χ4v) is 2.73. The first-order chi connectivity index (χ1) is 8.58. The zero-order valence-corrected chi connectivity index (χ0v) is 11.3. The Hall–Kier alpha value is -0.600. The molecular formula is C12H14O4P2. The summed E-state index contributed by atoms with van der Waals surface area (Å²) in [6, 6.07) is 7.03. The van der Waals surface area contributed by atoms with Gasteiger partial charge in [-0.2, -0.15) is 0 Å². The van der Waals surface area contributed by atoms with Crippen molar-refractivity contribution < 1.29 is 19.6 Å². The summed E-state index contributed by atoms with van der Waals surface area (Å²) in [5.41, 5.74) is 1.80. The molecule has 0 fully saturated rings. The molecule has 2 rings (SSSR count). The van der Waals surface area contributed by atoms with Gasteiger partial charge in [-0.05, 0) is 29.7 Å². The Labute approximate surface area is 108 Å². The van der Waals surface area contributed by atoms with Crippen LogP contribution >= 0.6 is 16.8 Å². The van der Waals surface area contributed by atoms with Crippen molar-refractivity contribution in [1.82, 2.24) is 0 Å². The standard InChI is InChI=1S/C12H14O4P2/c13-17(14)11-5-1-9(2-6-11)10-3-7-12(8-4-10)18(15)16/h1-7,12-16H,8H2. The first-order valence-electron chi connectivity index (χ1n) is 5.41. The van der Waals surface area contributed by atoms with E-state index in [-0.39, 0.29) is 5.66 Å². The molecule has 1 unspecified atom stereocenters. The van der Waals surface area contributed by atoms with E-state index in [2.05, 4.69) is 0 Å². The van der Waals surface area contributed by atoms with Crippen LogP contribution in [0.1, 0.15) is 12.0 Å². The van der Waals surface area contributed by atoms with Crippen molar-refractivity contribution in [3.05, 3.63) is 48.1 Å². The monoisotopic (exact) mass is 284 g/mol. The summed E-state index contributed by atoms with van der Waals surface area (Å²) >= 11 is 0. The molecule has 18 heavy (non-hydrogen) atoms. The Morgan fingerprint density at radius 3 is 2.11 bits per heavy atom. The normalized spacial score (nSPS) is 19.4. The van der Waals surface area contributed by atoms with Gasteiger partial charge in [-0.25, -0.2) is 0 Å². The zero-order chi connectivity index (χ0) is 13.1.